The van der Waals surface area contributed by atoms with Gasteiger partial charge in [-0.15, -0.1) is 0 Å². The van der Waals surface area contributed by atoms with Crippen molar-refractivity contribution >= 4 is 11.8 Å². The van der Waals surface area contributed by atoms with Gasteiger partial charge in [-0.1, -0.05) is 30.3 Å². The van der Waals surface area contributed by atoms with Crippen molar-refractivity contribution in [2.75, 3.05) is 18.1 Å². The summed E-state index contributed by atoms with van der Waals surface area (Å²) in [6.45, 7) is 0.830. The Morgan fingerprint density at radius 2 is 1.67 bits per heavy atom. The zero-order valence-corrected chi connectivity index (χ0v) is 10.1. The third kappa shape index (κ3) is 6.58. The Bertz CT molecular complexity index is 236. The van der Waals surface area contributed by atoms with Crippen molar-refractivity contribution in [1.82, 2.24) is 0 Å². The molecule has 0 aliphatic heterocycles. The number of rotatable bonds is 8. The van der Waals surface area contributed by atoms with E-state index in [1.165, 1.54) is 36.3 Å². The highest BCUT2D eigenvalue weighted by atomic mass is 32.2. The van der Waals surface area contributed by atoms with Crippen LogP contribution in [0, 0.1) is 0 Å². The van der Waals surface area contributed by atoms with Gasteiger partial charge in [0.2, 0.25) is 0 Å². The minimum atomic E-state index is 0.830. The standard InChI is InChI=1S/C13H21NS/c14-10-6-12-15-11-5-4-9-13-7-2-1-3-8-13/h1-3,7-8H,4-6,9-12,14H2. The lowest BCUT2D eigenvalue weighted by atomic mass is 10.1. The van der Waals surface area contributed by atoms with Crippen LogP contribution in [0.4, 0.5) is 0 Å². The second kappa shape index (κ2) is 8.81. The van der Waals surface area contributed by atoms with Gasteiger partial charge in [-0.2, -0.15) is 11.8 Å². The maximum Gasteiger partial charge on any atom is -0.00555 e. The van der Waals surface area contributed by atoms with Crippen LogP contribution >= 0.6 is 11.8 Å². The van der Waals surface area contributed by atoms with Crippen LogP contribution in [0.1, 0.15) is 24.8 Å². The van der Waals surface area contributed by atoms with Gasteiger partial charge >= 0.3 is 0 Å². The Morgan fingerprint density at radius 1 is 0.933 bits per heavy atom. The first kappa shape index (κ1) is 12.6. The fourth-order valence-corrected chi connectivity index (χ4v) is 2.45. The molecule has 2 heteroatoms. The summed E-state index contributed by atoms with van der Waals surface area (Å²) in [4.78, 5) is 0. The second-order valence-corrected chi connectivity index (χ2v) is 4.92. The van der Waals surface area contributed by atoms with Crippen LogP contribution in [-0.4, -0.2) is 18.1 Å². The zero-order valence-electron chi connectivity index (χ0n) is 9.32. The number of hydrogen-bond acceptors (Lipinski definition) is 2. The van der Waals surface area contributed by atoms with E-state index in [2.05, 4.69) is 30.3 Å². The van der Waals surface area contributed by atoms with Gasteiger partial charge in [-0.25, -0.2) is 0 Å². The highest BCUT2D eigenvalue weighted by Gasteiger charge is 1.93. The molecule has 84 valence electrons. The Labute approximate surface area is 97.4 Å². The average Bonchev–Trinajstić information content (AvgIpc) is 2.29. The number of hydrogen-bond donors (Lipinski definition) is 1. The molecule has 0 saturated carbocycles. The van der Waals surface area contributed by atoms with Crippen molar-refractivity contribution in [2.24, 2.45) is 5.73 Å². The molecule has 0 unspecified atom stereocenters. The fraction of sp³-hybridized carbons (Fsp3) is 0.538. The number of benzene rings is 1. The van der Waals surface area contributed by atoms with Gasteiger partial charge in [0.25, 0.3) is 0 Å². The molecule has 0 radical (unpaired) electrons. The topological polar surface area (TPSA) is 26.0 Å². The molecule has 0 aliphatic rings. The molecule has 1 rings (SSSR count). The van der Waals surface area contributed by atoms with E-state index in [1.807, 2.05) is 11.8 Å². The van der Waals surface area contributed by atoms with Gasteiger partial charge in [0.1, 0.15) is 0 Å². The Hall–Kier alpha value is -0.470. The third-order valence-electron chi connectivity index (χ3n) is 2.34. The Morgan fingerprint density at radius 3 is 2.40 bits per heavy atom. The fourth-order valence-electron chi connectivity index (χ4n) is 1.47. The Kier molecular flexibility index (Phi) is 7.40. The van der Waals surface area contributed by atoms with Gasteiger partial charge in [-0.05, 0) is 49.3 Å². The molecule has 0 bridgehead atoms. The minimum absolute atomic E-state index is 0.830. The summed E-state index contributed by atoms with van der Waals surface area (Å²) >= 11 is 2.03. The predicted molar refractivity (Wildman–Crippen MR) is 70.4 cm³/mol. The van der Waals surface area contributed by atoms with E-state index in [4.69, 9.17) is 5.73 Å². The van der Waals surface area contributed by atoms with Gasteiger partial charge in [0.05, 0.1) is 0 Å². The lowest BCUT2D eigenvalue weighted by molar-refractivity contribution is 0.801. The van der Waals surface area contributed by atoms with Crippen LogP contribution < -0.4 is 5.73 Å². The summed E-state index contributed by atoms with van der Waals surface area (Å²) in [5.74, 6) is 2.51. The smallest absolute Gasteiger partial charge is 0.00555 e. The van der Waals surface area contributed by atoms with Crippen LogP contribution in [0.15, 0.2) is 30.3 Å². The van der Waals surface area contributed by atoms with Gasteiger partial charge < -0.3 is 5.73 Å². The van der Waals surface area contributed by atoms with Gasteiger partial charge in [0, 0.05) is 0 Å². The molecular weight excluding hydrogens is 202 g/mol. The predicted octanol–water partition coefficient (Wildman–Crippen LogP) is 3.09. The second-order valence-electron chi connectivity index (χ2n) is 3.70. The molecule has 1 aromatic rings. The quantitative estimate of drug-likeness (QED) is 0.685. The first-order valence-corrected chi connectivity index (χ1v) is 6.90. The normalized spacial score (nSPS) is 10.5. The number of thioether (sulfide) groups is 1. The highest BCUT2D eigenvalue weighted by molar-refractivity contribution is 7.99. The van der Waals surface area contributed by atoms with Crippen molar-refractivity contribution in [3.05, 3.63) is 35.9 Å². The lowest BCUT2D eigenvalue weighted by Crippen LogP contribution is -1.99. The molecule has 0 fully saturated rings. The summed E-state index contributed by atoms with van der Waals surface area (Å²) < 4.78 is 0. The Balaban J connectivity index is 1.93. The molecule has 1 aromatic carbocycles. The number of aryl methyl sites for hydroxylation is 1. The van der Waals surface area contributed by atoms with E-state index in [9.17, 15) is 0 Å². The molecule has 0 amide bonds. The molecule has 0 aliphatic carbocycles. The monoisotopic (exact) mass is 223 g/mol. The van der Waals surface area contributed by atoms with E-state index in [-0.39, 0.29) is 0 Å². The van der Waals surface area contributed by atoms with Crippen molar-refractivity contribution < 1.29 is 0 Å². The van der Waals surface area contributed by atoms with Crippen LogP contribution in [0.3, 0.4) is 0 Å². The first-order chi connectivity index (χ1) is 7.43. The van der Waals surface area contributed by atoms with Crippen LogP contribution in [0.5, 0.6) is 0 Å². The SMILES string of the molecule is NCCCSCCCCc1ccccc1. The zero-order chi connectivity index (χ0) is 10.8. The third-order valence-corrected chi connectivity index (χ3v) is 3.49. The van der Waals surface area contributed by atoms with Gasteiger partial charge in [-0.3, -0.25) is 0 Å². The summed E-state index contributed by atoms with van der Waals surface area (Å²) in [6, 6.07) is 10.7. The van der Waals surface area contributed by atoms with Crippen molar-refractivity contribution in [1.29, 1.82) is 0 Å². The molecule has 2 N–H and O–H groups in total. The van der Waals surface area contributed by atoms with Crippen molar-refractivity contribution in [2.45, 2.75) is 25.7 Å². The van der Waals surface area contributed by atoms with Crippen molar-refractivity contribution in [3.8, 4) is 0 Å². The van der Waals surface area contributed by atoms with E-state index < -0.39 is 0 Å². The number of nitrogens with two attached hydrogens (primary N) is 1. The van der Waals surface area contributed by atoms with E-state index in [1.54, 1.807) is 0 Å². The average molecular weight is 223 g/mol. The molecule has 0 saturated heterocycles. The minimum Gasteiger partial charge on any atom is -0.330 e. The highest BCUT2D eigenvalue weighted by Crippen LogP contribution is 2.09. The molecule has 1 nitrogen and oxygen atoms in total. The first-order valence-electron chi connectivity index (χ1n) is 5.75. The molecule has 15 heavy (non-hydrogen) atoms. The maximum absolute atomic E-state index is 5.43. The summed E-state index contributed by atoms with van der Waals surface area (Å²) in [6.07, 6.45) is 5.01. The summed E-state index contributed by atoms with van der Waals surface area (Å²) in [5, 5.41) is 0. The molecule has 0 heterocycles. The largest absolute Gasteiger partial charge is 0.330 e. The molecular formula is C13H21NS. The van der Waals surface area contributed by atoms with Gasteiger partial charge in [0.15, 0.2) is 0 Å². The van der Waals surface area contributed by atoms with E-state index >= 15 is 0 Å². The molecule has 0 aromatic heterocycles. The summed E-state index contributed by atoms with van der Waals surface area (Å²) in [7, 11) is 0. The van der Waals surface area contributed by atoms with Crippen LogP contribution in [0.25, 0.3) is 0 Å². The summed E-state index contributed by atoms with van der Waals surface area (Å²) in [5.41, 5.74) is 6.89. The molecule has 0 atom stereocenters. The van der Waals surface area contributed by atoms with E-state index in [0.29, 0.717) is 0 Å². The van der Waals surface area contributed by atoms with Crippen LogP contribution in [-0.2, 0) is 6.42 Å². The van der Waals surface area contributed by atoms with Crippen LogP contribution in [0.2, 0.25) is 0 Å². The number of unbranched alkanes of at least 4 members (excludes halogenated alkanes) is 1. The van der Waals surface area contributed by atoms with Crippen molar-refractivity contribution in [3.63, 3.8) is 0 Å². The molecule has 0 spiro atoms. The maximum atomic E-state index is 5.43. The lowest BCUT2D eigenvalue weighted by Gasteiger charge is -2.01. The van der Waals surface area contributed by atoms with E-state index in [0.717, 1.165) is 13.0 Å².